The van der Waals surface area contributed by atoms with Crippen LogP contribution in [0, 0.1) is 19.0 Å². The van der Waals surface area contributed by atoms with Crippen LogP contribution >= 0.6 is 0 Å². The van der Waals surface area contributed by atoms with Crippen molar-refractivity contribution in [2.24, 2.45) is 0 Å². The number of aromatic nitrogens is 2. The molecule has 7 rings (SSSR count). The smallest absolute Gasteiger partial charge is 0.120 e. The van der Waals surface area contributed by atoms with Crippen molar-refractivity contribution >= 4 is 21.9 Å². The van der Waals surface area contributed by atoms with Gasteiger partial charge in [-0.2, -0.15) is 0 Å². The molecule has 42 heavy (non-hydrogen) atoms. The molecule has 0 fully saturated rings. The summed E-state index contributed by atoms with van der Waals surface area (Å²) in [5.74, 6) is 0. The minimum absolute atomic E-state index is 0. The SMILES string of the molecule is CC(C)(c1ccccc1)c1ccnc(-c2[c-]ccc3c2oc2ccccc23)c1.[2H]C([2H])([2H])c1ccc(-c2[c-]cccc2)nc1.[Ir]. The number of pyridine rings is 2. The fraction of sp³-hybridized carbons (Fsp3) is 0.105. The van der Waals surface area contributed by atoms with Crippen LogP contribution in [0.25, 0.3) is 44.5 Å². The quantitative estimate of drug-likeness (QED) is 0.170. The Kier molecular flexibility index (Phi) is 7.63. The molecule has 0 saturated heterocycles. The number of furan rings is 1. The molecule has 0 N–H and O–H groups in total. The Hall–Kier alpha value is -4.37. The summed E-state index contributed by atoms with van der Waals surface area (Å²) < 4.78 is 27.9. The standard InChI is InChI=1S/C26H20NO.C12H10N.Ir/c1-26(2,18-9-4-3-5-10-18)19-15-16-27-23(17-19)22-13-8-12-21-20-11-6-7-14-24(20)28-25(21)22;1-10-7-8-12(13-9-10)11-5-3-2-4-6-11;/h3-12,14-17H,1-2H3;2-5,7-9H,1H3;/q2*-1;/i;1D3;. The fourth-order valence-electron chi connectivity index (χ4n) is 4.96. The van der Waals surface area contributed by atoms with E-state index in [9.17, 15) is 0 Å². The Balaban J connectivity index is 0.000000202. The van der Waals surface area contributed by atoms with Crippen LogP contribution in [0.1, 0.15) is 34.7 Å². The van der Waals surface area contributed by atoms with Gasteiger partial charge in [0.1, 0.15) is 5.58 Å². The van der Waals surface area contributed by atoms with E-state index in [1.807, 2.05) is 48.7 Å². The first-order valence-electron chi connectivity index (χ1n) is 15.0. The molecule has 1 radical (unpaired) electrons. The zero-order valence-corrected chi connectivity index (χ0v) is 25.7. The molecule has 0 unspecified atom stereocenters. The second-order valence-corrected chi connectivity index (χ2v) is 10.3. The minimum Gasteiger partial charge on any atom is -0.501 e. The Labute approximate surface area is 264 Å². The van der Waals surface area contributed by atoms with Crippen LogP contribution in [0.5, 0.6) is 0 Å². The van der Waals surface area contributed by atoms with Crippen LogP contribution in [-0.2, 0) is 25.5 Å². The van der Waals surface area contributed by atoms with Crippen LogP contribution in [0.4, 0.5) is 0 Å². The summed E-state index contributed by atoms with van der Waals surface area (Å²) in [5.41, 5.74) is 7.72. The largest absolute Gasteiger partial charge is 0.501 e. The number of hydrogen-bond acceptors (Lipinski definition) is 3. The van der Waals surface area contributed by atoms with E-state index >= 15 is 0 Å². The maximum atomic E-state index is 7.23. The third kappa shape index (κ3) is 5.97. The van der Waals surface area contributed by atoms with Crippen molar-refractivity contribution < 1.29 is 28.6 Å². The number of aryl methyl sites for hydroxylation is 1. The van der Waals surface area contributed by atoms with E-state index in [1.54, 1.807) is 18.2 Å². The monoisotopic (exact) mass is 726 g/mol. The van der Waals surface area contributed by atoms with E-state index in [1.165, 1.54) is 17.3 Å². The van der Waals surface area contributed by atoms with Gasteiger partial charge in [0.05, 0.1) is 5.58 Å². The number of para-hydroxylation sites is 1. The van der Waals surface area contributed by atoms with Crippen molar-refractivity contribution in [3.8, 4) is 22.5 Å². The Morgan fingerprint density at radius 2 is 1.52 bits per heavy atom. The van der Waals surface area contributed by atoms with Crippen LogP contribution in [0.15, 0.2) is 132 Å². The summed E-state index contributed by atoms with van der Waals surface area (Å²) in [6.07, 6.45) is 3.27. The van der Waals surface area contributed by atoms with Gasteiger partial charge in [0.15, 0.2) is 0 Å². The van der Waals surface area contributed by atoms with Gasteiger partial charge < -0.3 is 14.4 Å². The van der Waals surface area contributed by atoms with E-state index in [2.05, 4.69) is 90.5 Å². The summed E-state index contributed by atoms with van der Waals surface area (Å²) in [7, 11) is 0. The molecule has 0 aliphatic heterocycles. The fourth-order valence-corrected chi connectivity index (χ4v) is 4.96. The Bertz CT molecular complexity index is 2020. The molecule has 4 aromatic carbocycles. The van der Waals surface area contributed by atoms with Gasteiger partial charge in [-0.3, -0.25) is 0 Å². The maximum absolute atomic E-state index is 7.23. The molecule has 4 heteroatoms. The maximum Gasteiger partial charge on any atom is 0.120 e. The summed E-state index contributed by atoms with van der Waals surface area (Å²) in [6.45, 7) is 2.39. The molecule has 3 heterocycles. The summed E-state index contributed by atoms with van der Waals surface area (Å²) in [4.78, 5) is 8.77. The van der Waals surface area contributed by atoms with Crippen LogP contribution < -0.4 is 0 Å². The predicted octanol–water partition coefficient (Wildman–Crippen LogP) is 9.63. The number of rotatable bonds is 4. The second-order valence-electron chi connectivity index (χ2n) is 10.3. The summed E-state index contributed by atoms with van der Waals surface area (Å²) in [6, 6.07) is 44.1. The number of benzene rings is 4. The van der Waals surface area contributed by atoms with E-state index in [4.69, 9.17) is 8.53 Å². The van der Waals surface area contributed by atoms with E-state index < -0.39 is 6.85 Å². The molecule has 209 valence electrons. The molecule has 0 aliphatic rings. The van der Waals surface area contributed by atoms with Gasteiger partial charge in [0.25, 0.3) is 0 Å². The molecule has 3 aromatic heterocycles. The van der Waals surface area contributed by atoms with Gasteiger partial charge in [0.2, 0.25) is 0 Å². The van der Waals surface area contributed by atoms with Gasteiger partial charge in [-0.15, -0.1) is 54.1 Å². The zero-order chi connectivity index (χ0) is 30.7. The molecule has 0 spiro atoms. The predicted molar refractivity (Wildman–Crippen MR) is 168 cm³/mol. The van der Waals surface area contributed by atoms with Gasteiger partial charge in [-0.05, 0) is 47.1 Å². The molecular weight excluding hydrogens is 693 g/mol. The van der Waals surface area contributed by atoms with E-state index in [0.717, 1.165) is 44.5 Å². The molecule has 7 aromatic rings. The molecule has 0 saturated carbocycles. The molecule has 0 aliphatic carbocycles. The van der Waals surface area contributed by atoms with Gasteiger partial charge in [-0.1, -0.05) is 91.5 Å². The molecular formula is C38H30IrN2O-2. The van der Waals surface area contributed by atoms with Crippen molar-refractivity contribution in [2.45, 2.75) is 26.1 Å². The number of hydrogen-bond donors (Lipinski definition) is 0. The average Bonchev–Trinajstić information content (AvgIpc) is 3.45. The third-order valence-electron chi connectivity index (χ3n) is 7.32. The van der Waals surface area contributed by atoms with E-state index in [0.29, 0.717) is 0 Å². The van der Waals surface area contributed by atoms with Crippen LogP contribution in [0.3, 0.4) is 0 Å². The number of fused-ring (bicyclic) bond motifs is 3. The number of nitrogens with zero attached hydrogens (tertiary/aromatic N) is 2. The topological polar surface area (TPSA) is 38.9 Å². The van der Waals surface area contributed by atoms with Crippen molar-refractivity contribution in [3.63, 3.8) is 0 Å². The van der Waals surface area contributed by atoms with Crippen molar-refractivity contribution in [2.75, 3.05) is 0 Å². The second kappa shape index (κ2) is 12.6. The first-order valence-corrected chi connectivity index (χ1v) is 13.5. The van der Waals surface area contributed by atoms with Gasteiger partial charge in [-0.25, -0.2) is 0 Å². The molecule has 3 nitrogen and oxygen atoms in total. The summed E-state index contributed by atoms with van der Waals surface area (Å²) in [5, 5.41) is 2.22. The van der Waals surface area contributed by atoms with Crippen LogP contribution in [-0.4, -0.2) is 9.97 Å². The van der Waals surface area contributed by atoms with Crippen molar-refractivity contribution in [1.29, 1.82) is 0 Å². The molecule has 0 amide bonds. The normalized spacial score (nSPS) is 12.4. The zero-order valence-electron chi connectivity index (χ0n) is 26.3. The summed E-state index contributed by atoms with van der Waals surface area (Å²) >= 11 is 0. The van der Waals surface area contributed by atoms with Gasteiger partial charge in [0, 0.05) is 47.4 Å². The Morgan fingerprint density at radius 1 is 0.714 bits per heavy atom. The van der Waals surface area contributed by atoms with Crippen molar-refractivity contribution in [1.82, 2.24) is 9.97 Å². The first kappa shape index (κ1) is 25.3. The minimum atomic E-state index is -2.09. The average molecular weight is 726 g/mol. The molecule has 0 atom stereocenters. The molecule has 0 bridgehead atoms. The first-order chi connectivity index (χ1) is 21.2. The van der Waals surface area contributed by atoms with Crippen molar-refractivity contribution in [3.05, 3.63) is 156 Å². The Morgan fingerprint density at radius 3 is 2.29 bits per heavy atom. The van der Waals surface area contributed by atoms with Crippen LogP contribution in [0.2, 0.25) is 0 Å². The van der Waals surface area contributed by atoms with E-state index in [-0.39, 0.29) is 31.1 Å². The third-order valence-corrected chi connectivity index (χ3v) is 7.32. The van der Waals surface area contributed by atoms with Gasteiger partial charge >= 0.3 is 0 Å².